The van der Waals surface area contributed by atoms with Crippen molar-refractivity contribution in [2.24, 2.45) is 11.7 Å². The zero-order chi connectivity index (χ0) is 12.5. The van der Waals surface area contributed by atoms with E-state index in [1.807, 2.05) is 0 Å². The second-order valence-corrected chi connectivity index (χ2v) is 6.03. The molecule has 4 unspecified atom stereocenters. The predicted molar refractivity (Wildman–Crippen MR) is 71.0 cm³/mol. The quantitative estimate of drug-likeness (QED) is 0.817. The first kappa shape index (κ1) is 13.3. The van der Waals surface area contributed by atoms with E-state index in [-0.39, 0.29) is 11.6 Å². The van der Waals surface area contributed by atoms with E-state index in [2.05, 4.69) is 18.7 Å². The van der Waals surface area contributed by atoms with Gasteiger partial charge in [0.15, 0.2) is 0 Å². The van der Waals surface area contributed by atoms with Crippen molar-refractivity contribution in [1.29, 1.82) is 0 Å². The minimum atomic E-state index is 0.00546. The lowest BCUT2D eigenvalue weighted by Crippen LogP contribution is -2.61. The van der Waals surface area contributed by atoms with Crippen LogP contribution in [-0.2, 0) is 4.74 Å². The maximum atomic E-state index is 6.06. The third kappa shape index (κ3) is 2.25. The fourth-order valence-electron chi connectivity index (χ4n) is 3.81. The molecule has 0 spiro atoms. The molecule has 17 heavy (non-hydrogen) atoms. The standard InChI is InChI=1S/C14H28N2O/c1-11(17-3)14(2,10-15)16-9-8-12-6-4-5-7-13(12)16/h11-13H,4-10,15H2,1-3H3. The van der Waals surface area contributed by atoms with Gasteiger partial charge in [-0.3, -0.25) is 4.90 Å². The molecule has 1 aliphatic carbocycles. The highest BCUT2D eigenvalue weighted by molar-refractivity contribution is 5.02. The van der Waals surface area contributed by atoms with Crippen molar-refractivity contribution in [3.05, 3.63) is 0 Å². The SMILES string of the molecule is COC(C)C(C)(CN)N1CCC2CCCCC21. The molecular weight excluding hydrogens is 212 g/mol. The summed E-state index contributed by atoms with van der Waals surface area (Å²) in [6.45, 7) is 6.32. The zero-order valence-electron chi connectivity index (χ0n) is 11.6. The highest BCUT2D eigenvalue weighted by Crippen LogP contribution is 2.40. The maximum Gasteiger partial charge on any atom is 0.0736 e. The van der Waals surface area contributed by atoms with Crippen LogP contribution in [0.2, 0.25) is 0 Å². The Morgan fingerprint density at radius 3 is 2.71 bits per heavy atom. The molecule has 2 aliphatic rings. The lowest BCUT2D eigenvalue weighted by Gasteiger charge is -2.46. The minimum absolute atomic E-state index is 0.00546. The van der Waals surface area contributed by atoms with Crippen LogP contribution in [0.5, 0.6) is 0 Å². The lowest BCUT2D eigenvalue weighted by molar-refractivity contribution is -0.0451. The summed E-state index contributed by atoms with van der Waals surface area (Å²) in [5.74, 6) is 0.915. The fraction of sp³-hybridized carbons (Fsp3) is 1.00. The van der Waals surface area contributed by atoms with Gasteiger partial charge in [-0.1, -0.05) is 12.8 Å². The summed E-state index contributed by atoms with van der Waals surface area (Å²) in [5.41, 5.74) is 6.07. The molecule has 2 fully saturated rings. The summed E-state index contributed by atoms with van der Waals surface area (Å²) in [6.07, 6.45) is 7.15. The van der Waals surface area contributed by atoms with E-state index in [1.165, 1.54) is 38.6 Å². The maximum absolute atomic E-state index is 6.06. The zero-order valence-corrected chi connectivity index (χ0v) is 11.6. The molecule has 2 rings (SSSR count). The van der Waals surface area contributed by atoms with Crippen LogP contribution in [0.3, 0.4) is 0 Å². The van der Waals surface area contributed by atoms with E-state index in [1.54, 1.807) is 7.11 Å². The molecule has 1 aliphatic heterocycles. The molecule has 3 nitrogen and oxygen atoms in total. The average molecular weight is 240 g/mol. The van der Waals surface area contributed by atoms with E-state index in [4.69, 9.17) is 10.5 Å². The summed E-state index contributed by atoms with van der Waals surface area (Å²) in [5, 5.41) is 0. The van der Waals surface area contributed by atoms with E-state index in [0.29, 0.717) is 6.54 Å². The molecule has 2 N–H and O–H groups in total. The number of rotatable bonds is 4. The molecule has 0 bridgehead atoms. The molecule has 0 radical (unpaired) electrons. The molecule has 3 heteroatoms. The number of ether oxygens (including phenoxy) is 1. The van der Waals surface area contributed by atoms with Crippen molar-refractivity contribution in [2.45, 2.75) is 63.6 Å². The molecule has 0 aromatic rings. The summed E-state index contributed by atoms with van der Waals surface area (Å²) in [4.78, 5) is 2.66. The Labute approximate surface area is 106 Å². The van der Waals surface area contributed by atoms with Crippen LogP contribution in [0.15, 0.2) is 0 Å². The molecule has 1 saturated carbocycles. The Morgan fingerprint density at radius 1 is 1.35 bits per heavy atom. The Bertz CT molecular complexity index is 259. The monoisotopic (exact) mass is 240 g/mol. The summed E-state index contributed by atoms with van der Waals surface area (Å²) >= 11 is 0. The van der Waals surface area contributed by atoms with Crippen molar-refractivity contribution < 1.29 is 4.74 Å². The minimum Gasteiger partial charge on any atom is -0.380 e. The van der Waals surface area contributed by atoms with E-state index < -0.39 is 0 Å². The van der Waals surface area contributed by atoms with E-state index >= 15 is 0 Å². The first-order valence-corrected chi connectivity index (χ1v) is 7.13. The number of nitrogens with zero attached hydrogens (tertiary/aromatic N) is 1. The van der Waals surface area contributed by atoms with Gasteiger partial charge in [-0.15, -0.1) is 0 Å². The molecule has 4 atom stereocenters. The largest absolute Gasteiger partial charge is 0.380 e. The number of hydrogen-bond donors (Lipinski definition) is 1. The first-order chi connectivity index (χ1) is 8.13. The Morgan fingerprint density at radius 2 is 2.06 bits per heavy atom. The van der Waals surface area contributed by atoms with Gasteiger partial charge < -0.3 is 10.5 Å². The topological polar surface area (TPSA) is 38.5 Å². The van der Waals surface area contributed by atoms with Gasteiger partial charge >= 0.3 is 0 Å². The van der Waals surface area contributed by atoms with Gasteiger partial charge in [-0.2, -0.15) is 0 Å². The van der Waals surface area contributed by atoms with Gasteiger partial charge in [0.2, 0.25) is 0 Å². The Kier molecular flexibility index (Phi) is 4.11. The van der Waals surface area contributed by atoms with Crippen LogP contribution < -0.4 is 5.73 Å². The highest BCUT2D eigenvalue weighted by Gasteiger charge is 2.46. The third-order valence-corrected chi connectivity index (χ3v) is 5.31. The van der Waals surface area contributed by atoms with Crippen molar-refractivity contribution in [2.75, 3.05) is 20.2 Å². The number of fused-ring (bicyclic) bond motifs is 1. The molecule has 0 aromatic carbocycles. The molecular formula is C14H28N2O. The van der Waals surface area contributed by atoms with Crippen molar-refractivity contribution >= 4 is 0 Å². The van der Waals surface area contributed by atoms with Crippen molar-refractivity contribution in [3.8, 4) is 0 Å². The van der Waals surface area contributed by atoms with Crippen LogP contribution in [0, 0.1) is 5.92 Å². The number of likely N-dealkylation sites (tertiary alicyclic amines) is 1. The highest BCUT2D eigenvalue weighted by atomic mass is 16.5. The molecule has 0 aromatic heterocycles. The lowest BCUT2D eigenvalue weighted by atomic mass is 9.83. The summed E-state index contributed by atoms with van der Waals surface area (Å²) in [7, 11) is 1.80. The molecule has 0 amide bonds. The van der Waals surface area contributed by atoms with Gasteiger partial charge in [0.25, 0.3) is 0 Å². The number of methoxy groups -OCH3 is 1. The smallest absolute Gasteiger partial charge is 0.0736 e. The van der Waals surface area contributed by atoms with Gasteiger partial charge in [-0.25, -0.2) is 0 Å². The van der Waals surface area contributed by atoms with E-state index in [9.17, 15) is 0 Å². The Hall–Kier alpha value is -0.120. The van der Waals surface area contributed by atoms with Crippen LogP contribution in [-0.4, -0.2) is 42.8 Å². The van der Waals surface area contributed by atoms with Gasteiger partial charge in [-0.05, 0) is 45.6 Å². The predicted octanol–water partition coefficient (Wildman–Crippen LogP) is 2.00. The second kappa shape index (κ2) is 5.25. The first-order valence-electron chi connectivity index (χ1n) is 7.13. The van der Waals surface area contributed by atoms with Crippen LogP contribution in [0.1, 0.15) is 46.0 Å². The molecule has 1 heterocycles. The summed E-state index contributed by atoms with van der Waals surface area (Å²) in [6, 6.07) is 0.759. The van der Waals surface area contributed by atoms with Gasteiger partial charge in [0.05, 0.1) is 11.6 Å². The average Bonchev–Trinajstić information content (AvgIpc) is 2.81. The van der Waals surface area contributed by atoms with Crippen LogP contribution in [0.25, 0.3) is 0 Å². The second-order valence-electron chi connectivity index (χ2n) is 6.03. The molecule has 1 saturated heterocycles. The normalized spacial score (nSPS) is 35.3. The number of hydrogen-bond acceptors (Lipinski definition) is 3. The number of nitrogens with two attached hydrogens (primary N) is 1. The third-order valence-electron chi connectivity index (χ3n) is 5.31. The van der Waals surface area contributed by atoms with Crippen molar-refractivity contribution in [1.82, 2.24) is 4.90 Å². The summed E-state index contributed by atoms with van der Waals surface area (Å²) < 4.78 is 5.58. The van der Waals surface area contributed by atoms with Crippen molar-refractivity contribution in [3.63, 3.8) is 0 Å². The molecule has 100 valence electrons. The van der Waals surface area contributed by atoms with Crippen LogP contribution in [0.4, 0.5) is 0 Å². The fourth-order valence-corrected chi connectivity index (χ4v) is 3.81. The van der Waals surface area contributed by atoms with E-state index in [0.717, 1.165) is 12.0 Å². The van der Waals surface area contributed by atoms with Crippen LogP contribution >= 0.6 is 0 Å². The Balaban J connectivity index is 2.14. The van der Waals surface area contributed by atoms with Gasteiger partial charge in [0, 0.05) is 19.7 Å². The van der Waals surface area contributed by atoms with Gasteiger partial charge in [0.1, 0.15) is 0 Å².